The topological polar surface area (TPSA) is 45.7 Å². The molecular weight excluding hydrogens is 397 g/mol. The van der Waals surface area contributed by atoms with Crippen LogP contribution < -0.4 is 15.5 Å². The number of nitrogens with zero attached hydrogens (tertiary/aromatic N) is 1. The largest absolute Gasteiger partial charge is 0.489 e. The summed E-state index contributed by atoms with van der Waals surface area (Å²) >= 11 is 11.0. The summed E-state index contributed by atoms with van der Waals surface area (Å²) in [4.78, 5) is 0. The summed E-state index contributed by atoms with van der Waals surface area (Å²) in [5.41, 5.74) is 5.32. The van der Waals surface area contributed by atoms with E-state index in [0.29, 0.717) is 22.4 Å². The zero-order valence-corrected chi connectivity index (χ0v) is 16.3. The lowest BCUT2D eigenvalue weighted by molar-refractivity contribution is 0.306. The van der Waals surface area contributed by atoms with Gasteiger partial charge in [0.15, 0.2) is 5.11 Å². The van der Waals surface area contributed by atoms with Crippen molar-refractivity contribution < 1.29 is 9.13 Å². The van der Waals surface area contributed by atoms with Gasteiger partial charge in [0.2, 0.25) is 0 Å². The Kier molecular flexibility index (Phi) is 6.94. The fourth-order valence-corrected chi connectivity index (χ4v) is 2.55. The first-order valence-electron chi connectivity index (χ1n) is 8.41. The molecular formula is C21H17ClFN3OS. The maximum absolute atomic E-state index is 12.9. The molecule has 2 N–H and O–H groups in total. The van der Waals surface area contributed by atoms with Crippen molar-refractivity contribution in [2.24, 2.45) is 5.10 Å². The van der Waals surface area contributed by atoms with Gasteiger partial charge in [-0.2, -0.15) is 5.10 Å². The van der Waals surface area contributed by atoms with Crippen LogP contribution in [0.1, 0.15) is 11.1 Å². The molecule has 28 heavy (non-hydrogen) atoms. The molecule has 0 aromatic heterocycles. The molecule has 3 aromatic rings. The van der Waals surface area contributed by atoms with E-state index < -0.39 is 0 Å². The molecule has 3 rings (SSSR count). The van der Waals surface area contributed by atoms with Crippen LogP contribution in [-0.2, 0) is 6.61 Å². The van der Waals surface area contributed by atoms with Gasteiger partial charge < -0.3 is 10.1 Å². The second kappa shape index (κ2) is 9.82. The highest BCUT2D eigenvalue weighted by molar-refractivity contribution is 7.80. The summed E-state index contributed by atoms with van der Waals surface area (Å²) in [6.45, 7) is 0.468. The van der Waals surface area contributed by atoms with Crippen molar-refractivity contribution in [1.29, 1.82) is 0 Å². The summed E-state index contributed by atoms with van der Waals surface area (Å²) in [5, 5.41) is 8.01. The van der Waals surface area contributed by atoms with Gasteiger partial charge in [0, 0.05) is 10.7 Å². The minimum atomic E-state index is -0.303. The molecule has 0 spiro atoms. The summed E-state index contributed by atoms with van der Waals surface area (Å²) in [6.07, 6.45) is 1.64. The van der Waals surface area contributed by atoms with E-state index in [4.69, 9.17) is 28.6 Å². The lowest BCUT2D eigenvalue weighted by Gasteiger charge is -2.07. The Morgan fingerprint density at radius 3 is 2.36 bits per heavy atom. The molecule has 0 atom stereocenters. The van der Waals surface area contributed by atoms with Gasteiger partial charge in [-0.05, 0) is 84.0 Å². The highest BCUT2D eigenvalue weighted by atomic mass is 35.5. The first kappa shape index (κ1) is 19.8. The van der Waals surface area contributed by atoms with Crippen LogP contribution >= 0.6 is 23.8 Å². The number of anilines is 1. The molecule has 0 amide bonds. The van der Waals surface area contributed by atoms with Gasteiger partial charge in [0.25, 0.3) is 0 Å². The number of nitrogens with one attached hydrogen (secondary N) is 2. The fraction of sp³-hybridized carbons (Fsp3) is 0.0476. The molecule has 0 unspecified atom stereocenters. The number of hydrazone groups is 1. The quantitative estimate of drug-likeness (QED) is 0.323. The lowest BCUT2D eigenvalue weighted by Crippen LogP contribution is -2.23. The standard InChI is InChI=1S/C21H17ClFN3OS/c22-17-5-1-16(2-6-17)14-27-20-11-3-15(4-12-20)13-24-26-21(28)25-19-9-7-18(23)8-10-19/h1-13H,14H2,(H2,25,26,28)/b24-13-. The van der Waals surface area contributed by atoms with Crippen LogP contribution in [0.5, 0.6) is 5.75 Å². The Hall–Kier alpha value is -2.96. The van der Waals surface area contributed by atoms with Gasteiger partial charge >= 0.3 is 0 Å². The van der Waals surface area contributed by atoms with E-state index in [0.717, 1.165) is 16.9 Å². The Bertz CT molecular complexity index is 945. The van der Waals surface area contributed by atoms with Crippen molar-refractivity contribution in [1.82, 2.24) is 5.43 Å². The third-order valence-corrected chi connectivity index (χ3v) is 4.13. The number of ether oxygens (including phenoxy) is 1. The van der Waals surface area contributed by atoms with E-state index in [1.807, 2.05) is 48.5 Å². The maximum atomic E-state index is 12.9. The molecule has 0 aliphatic carbocycles. The molecule has 0 saturated carbocycles. The summed E-state index contributed by atoms with van der Waals surface area (Å²) in [5.74, 6) is 0.455. The third kappa shape index (κ3) is 6.33. The fourth-order valence-electron chi connectivity index (χ4n) is 2.26. The van der Waals surface area contributed by atoms with Crippen LogP contribution in [0.25, 0.3) is 0 Å². The highest BCUT2D eigenvalue weighted by Gasteiger charge is 1.98. The Morgan fingerprint density at radius 2 is 1.68 bits per heavy atom. The Balaban J connectivity index is 1.45. The SMILES string of the molecule is Fc1ccc(NC(=S)N/N=C\c2ccc(OCc3ccc(Cl)cc3)cc2)cc1. The first-order valence-corrected chi connectivity index (χ1v) is 9.20. The predicted octanol–water partition coefficient (Wildman–Crippen LogP) is 5.38. The number of hydrogen-bond donors (Lipinski definition) is 2. The second-order valence-corrected chi connectivity index (χ2v) is 6.66. The predicted molar refractivity (Wildman–Crippen MR) is 116 cm³/mol. The molecule has 0 aliphatic rings. The van der Waals surface area contributed by atoms with Gasteiger partial charge in [-0.3, -0.25) is 5.43 Å². The minimum absolute atomic E-state index is 0.303. The summed E-state index contributed by atoms with van der Waals surface area (Å²) in [6, 6.07) is 20.9. The van der Waals surface area contributed by atoms with Crippen molar-refractivity contribution in [2.45, 2.75) is 6.61 Å². The lowest BCUT2D eigenvalue weighted by atomic mass is 10.2. The molecule has 0 aliphatic heterocycles. The first-order chi connectivity index (χ1) is 13.6. The van der Waals surface area contributed by atoms with Crippen LogP contribution in [-0.4, -0.2) is 11.3 Å². The number of rotatable bonds is 6. The summed E-state index contributed by atoms with van der Waals surface area (Å²) in [7, 11) is 0. The van der Waals surface area contributed by atoms with Crippen LogP contribution in [0.4, 0.5) is 10.1 Å². The highest BCUT2D eigenvalue weighted by Crippen LogP contribution is 2.15. The van der Waals surface area contributed by atoms with E-state index in [2.05, 4.69) is 15.8 Å². The number of benzene rings is 3. The van der Waals surface area contributed by atoms with Crippen molar-refractivity contribution in [3.8, 4) is 5.75 Å². The second-order valence-electron chi connectivity index (χ2n) is 5.82. The van der Waals surface area contributed by atoms with Gasteiger partial charge in [-0.25, -0.2) is 4.39 Å². The molecule has 0 fully saturated rings. The molecule has 3 aromatic carbocycles. The molecule has 142 valence electrons. The van der Waals surface area contributed by atoms with Crippen molar-refractivity contribution in [3.05, 3.63) is 94.8 Å². The smallest absolute Gasteiger partial charge is 0.191 e. The van der Waals surface area contributed by atoms with Gasteiger partial charge in [0.05, 0.1) is 6.21 Å². The molecule has 0 bridgehead atoms. The van der Waals surface area contributed by atoms with Gasteiger partial charge in [-0.15, -0.1) is 0 Å². The zero-order chi connectivity index (χ0) is 19.8. The van der Waals surface area contributed by atoms with Crippen molar-refractivity contribution in [3.63, 3.8) is 0 Å². The van der Waals surface area contributed by atoms with Crippen LogP contribution in [0.2, 0.25) is 5.02 Å². The molecule has 0 heterocycles. The molecule has 4 nitrogen and oxygen atoms in total. The maximum Gasteiger partial charge on any atom is 0.191 e. The van der Waals surface area contributed by atoms with E-state index >= 15 is 0 Å². The average Bonchev–Trinajstić information content (AvgIpc) is 2.70. The number of hydrogen-bond acceptors (Lipinski definition) is 3. The number of halogens is 2. The van der Waals surface area contributed by atoms with Crippen molar-refractivity contribution >= 4 is 40.8 Å². The van der Waals surface area contributed by atoms with E-state index in [1.54, 1.807) is 18.3 Å². The number of thiocarbonyl (C=S) groups is 1. The van der Waals surface area contributed by atoms with Crippen LogP contribution in [0.15, 0.2) is 77.9 Å². The monoisotopic (exact) mass is 413 g/mol. The Labute approximate surface area is 173 Å². The third-order valence-electron chi connectivity index (χ3n) is 3.68. The van der Waals surface area contributed by atoms with E-state index in [-0.39, 0.29) is 5.82 Å². The van der Waals surface area contributed by atoms with Crippen molar-refractivity contribution in [2.75, 3.05) is 5.32 Å². The van der Waals surface area contributed by atoms with E-state index in [9.17, 15) is 4.39 Å². The van der Waals surface area contributed by atoms with Gasteiger partial charge in [0.1, 0.15) is 18.2 Å². The Morgan fingerprint density at radius 1 is 1.00 bits per heavy atom. The summed E-state index contributed by atoms with van der Waals surface area (Å²) < 4.78 is 18.6. The van der Waals surface area contributed by atoms with Gasteiger partial charge in [-0.1, -0.05) is 23.7 Å². The van der Waals surface area contributed by atoms with Crippen LogP contribution in [0.3, 0.4) is 0 Å². The molecule has 0 radical (unpaired) electrons. The average molecular weight is 414 g/mol. The zero-order valence-electron chi connectivity index (χ0n) is 14.7. The van der Waals surface area contributed by atoms with Crippen LogP contribution in [0, 0.1) is 5.82 Å². The molecule has 0 saturated heterocycles. The minimum Gasteiger partial charge on any atom is -0.489 e. The molecule has 7 heteroatoms. The normalized spacial score (nSPS) is 10.6. The van der Waals surface area contributed by atoms with E-state index in [1.165, 1.54) is 12.1 Å².